The summed E-state index contributed by atoms with van der Waals surface area (Å²) in [5, 5.41) is 15.6. The third-order valence-electron chi connectivity index (χ3n) is 3.93. The summed E-state index contributed by atoms with van der Waals surface area (Å²) in [7, 11) is 0. The zero-order chi connectivity index (χ0) is 17.1. The van der Waals surface area contributed by atoms with Crippen molar-refractivity contribution >= 4 is 38.0 Å². The molecule has 0 aliphatic heterocycles. The molecule has 0 saturated heterocycles. The molecule has 0 saturated carbocycles. The second-order valence-electron chi connectivity index (χ2n) is 5.73. The lowest BCUT2D eigenvalue weighted by Gasteiger charge is -2.15. The van der Waals surface area contributed by atoms with Crippen LogP contribution >= 0.6 is 22.7 Å². The Balaban J connectivity index is 1.60. The number of carbonyl (C=O) groups is 1. The minimum absolute atomic E-state index is 0.0703. The van der Waals surface area contributed by atoms with Gasteiger partial charge in [-0.2, -0.15) is 0 Å². The topological polar surface area (TPSA) is 49.3 Å². The first kappa shape index (κ1) is 17.1. The molecule has 1 atom stereocenters. The van der Waals surface area contributed by atoms with Gasteiger partial charge < -0.3 is 10.4 Å². The fourth-order valence-electron chi connectivity index (χ4n) is 2.62. The van der Waals surface area contributed by atoms with Gasteiger partial charge in [0.1, 0.15) is 5.82 Å². The second kappa shape index (κ2) is 7.42. The maximum absolute atomic E-state index is 13.0. The van der Waals surface area contributed by atoms with E-state index in [0.29, 0.717) is 13.0 Å². The van der Waals surface area contributed by atoms with Crippen LogP contribution in [0.2, 0.25) is 0 Å². The Morgan fingerprint density at radius 2 is 2.08 bits per heavy atom. The van der Waals surface area contributed by atoms with Crippen LogP contribution in [0.25, 0.3) is 9.40 Å². The van der Waals surface area contributed by atoms with Crippen LogP contribution in [0.15, 0.2) is 35.7 Å². The summed E-state index contributed by atoms with van der Waals surface area (Å²) in [4.78, 5) is 13.5. The number of aliphatic hydroxyl groups is 1. The highest BCUT2D eigenvalue weighted by Gasteiger charge is 2.14. The van der Waals surface area contributed by atoms with Crippen molar-refractivity contribution in [1.29, 1.82) is 0 Å². The van der Waals surface area contributed by atoms with Crippen molar-refractivity contribution < 1.29 is 14.3 Å². The normalized spacial score (nSPS) is 12.5. The molecule has 0 spiro atoms. The van der Waals surface area contributed by atoms with Crippen molar-refractivity contribution in [2.75, 3.05) is 13.2 Å². The molecular formula is C18H18FNO2S2. The van der Waals surface area contributed by atoms with Crippen LogP contribution in [0, 0.1) is 12.7 Å². The zero-order valence-corrected chi connectivity index (χ0v) is 14.8. The Morgan fingerprint density at radius 3 is 2.79 bits per heavy atom. The Hall–Kier alpha value is -1.76. The molecule has 2 aromatic heterocycles. The smallest absolute Gasteiger partial charge is 0.224 e. The first-order valence-electron chi connectivity index (χ1n) is 7.66. The molecule has 2 N–H and O–H groups in total. The predicted molar refractivity (Wildman–Crippen MR) is 97.4 cm³/mol. The van der Waals surface area contributed by atoms with Crippen molar-refractivity contribution in [3.05, 3.63) is 57.5 Å². The average molecular weight is 363 g/mol. The number of aryl methyl sites for hydroxylation is 1. The van der Waals surface area contributed by atoms with E-state index in [-0.39, 0.29) is 24.2 Å². The van der Waals surface area contributed by atoms with Crippen molar-refractivity contribution in [2.24, 2.45) is 0 Å². The fourth-order valence-corrected chi connectivity index (χ4v) is 4.90. The highest BCUT2D eigenvalue weighted by molar-refractivity contribution is 7.37. The number of benzene rings is 1. The van der Waals surface area contributed by atoms with Gasteiger partial charge in [-0.1, -0.05) is 12.1 Å². The van der Waals surface area contributed by atoms with Gasteiger partial charge in [0, 0.05) is 22.7 Å². The molecule has 3 rings (SSSR count). The van der Waals surface area contributed by atoms with Crippen molar-refractivity contribution in [3.8, 4) is 0 Å². The number of thiophene rings is 2. The number of hydrogen-bond acceptors (Lipinski definition) is 4. The van der Waals surface area contributed by atoms with Gasteiger partial charge in [0.25, 0.3) is 0 Å². The standard InChI is InChI=1S/C18H18FNO2S2/c1-11-6-16-13(10-23-18(16)24-11)7-17(22)20-8-14(9-21)12-2-4-15(19)5-3-12/h2-6,10,14,21H,7-9H2,1H3,(H,20,22). The van der Waals surface area contributed by atoms with E-state index >= 15 is 0 Å². The van der Waals surface area contributed by atoms with Gasteiger partial charge in [-0.05, 0) is 41.6 Å². The number of amides is 1. The zero-order valence-electron chi connectivity index (χ0n) is 13.2. The van der Waals surface area contributed by atoms with Gasteiger partial charge in [-0.3, -0.25) is 4.79 Å². The van der Waals surface area contributed by atoms with Crippen molar-refractivity contribution in [1.82, 2.24) is 5.32 Å². The molecule has 24 heavy (non-hydrogen) atoms. The van der Waals surface area contributed by atoms with E-state index < -0.39 is 0 Å². The lowest BCUT2D eigenvalue weighted by atomic mass is 10.00. The van der Waals surface area contributed by atoms with Crippen molar-refractivity contribution in [3.63, 3.8) is 0 Å². The third-order valence-corrected chi connectivity index (χ3v) is 6.15. The van der Waals surface area contributed by atoms with Crippen LogP contribution in [-0.4, -0.2) is 24.2 Å². The first-order chi connectivity index (χ1) is 11.6. The van der Waals surface area contributed by atoms with Crippen LogP contribution < -0.4 is 5.32 Å². The second-order valence-corrected chi connectivity index (χ2v) is 8.13. The highest BCUT2D eigenvalue weighted by Crippen LogP contribution is 2.33. The number of carbonyl (C=O) groups excluding carboxylic acids is 1. The lowest BCUT2D eigenvalue weighted by molar-refractivity contribution is -0.120. The molecule has 6 heteroatoms. The Morgan fingerprint density at radius 1 is 1.33 bits per heavy atom. The largest absolute Gasteiger partial charge is 0.396 e. The molecule has 1 amide bonds. The fraction of sp³-hybridized carbons (Fsp3) is 0.278. The number of hydrogen-bond donors (Lipinski definition) is 2. The summed E-state index contributed by atoms with van der Waals surface area (Å²) in [5.41, 5.74) is 1.85. The van der Waals surface area contributed by atoms with E-state index in [0.717, 1.165) is 16.5 Å². The van der Waals surface area contributed by atoms with Crippen LogP contribution in [0.5, 0.6) is 0 Å². The summed E-state index contributed by atoms with van der Waals surface area (Å²) >= 11 is 3.41. The molecule has 3 nitrogen and oxygen atoms in total. The Kier molecular flexibility index (Phi) is 5.28. The van der Waals surface area contributed by atoms with E-state index in [9.17, 15) is 14.3 Å². The minimum Gasteiger partial charge on any atom is -0.396 e. The van der Waals surface area contributed by atoms with Gasteiger partial charge in [0.15, 0.2) is 0 Å². The molecule has 1 aromatic carbocycles. The van der Waals surface area contributed by atoms with Crippen LogP contribution in [0.4, 0.5) is 4.39 Å². The van der Waals surface area contributed by atoms with E-state index in [1.807, 2.05) is 5.38 Å². The third kappa shape index (κ3) is 3.83. The quantitative estimate of drug-likeness (QED) is 0.699. The monoisotopic (exact) mass is 363 g/mol. The summed E-state index contributed by atoms with van der Waals surface area (Å²) in [5.74, 6) is -0.619. The maximum Gasteiger partial charge on any atom is 0.224 e. The number of fused-ring (bicyclic) bond motifs is 1. The first-order valence-corrected chi connectivity index (χ1v) is 9.36. The molecule has 3 aromatic rings. The molecule has 0 aliphatic carbocycles. The summed E-state index contributed by atoms with van der Waals surface area (Å²) in [6.45, 7) is 2.30. The van der Waals surface area contributed by atoms with E-state index in [4.69, 9.17) is 0 Å². The van der Waals surface area contributed by atoms with Crippen molar-refractivity contribution in [2.45, 2.75) is 19.3 Å². The van der Waals surface area contributed by atoms with Gasteiger partial charge in [0.2, 0.25) is 5.91 Å². The van der Waals surface area contributed by atoms with Gasteiger partial charge >= 0.3 is 0 Å². The summed E-state index contributed by atoms with van der Waals surface area (Å²) in [6.07, 6.45) is 0.331. The highest BCUT2D eigenvalue weighted by atomic mass is 32.2. The average Bonchev–Trinajstić information content (AvgIpc) is 3.10. The SMILES string of the molecule is Cc1cc2c(CC(=O)NCC(CO)c3ccc(F)cc3)csc2s1. The molecule has 2 heterocycles. The molecule has 0 aliphatic rings. The summed E-state index contributed by atoms with van der Waals surface area (Å²) < 4.78 is 14.2. The lowest BCUT2D eigenvalue weighted by Crippen LogP contribution is -2.30. The van der Waals surface area contributed by atoms with Gasteiger partial charge in [0.05, 0.1) is 17.0 Å². The molecule has 1 unspecified atom stereocenters. The molecule has 0 radical (unpaired) electrons. The van der Waals surface area contributed by atoms with E-state index in [2.05, 4.69) is 18.3 Å². The Labute approximate surface area is 147 Å². The van der Waals surface area contributed by atoms with Crippen LogP contribution in [0.3, 0.4) is 0 Å². The number of aliphatic hydroxyl groups excluding tert-OH is 1. The van der Waals surface area contributed by atoms with E-state index in [1.54, 1.807) is 34.8 Å². The molecular weight excluding hydrogens is 345 g/mol. The predicted octanol–water partition coefficient (Wildman–Crippen LogP) is 3.85. The maximum atomic E-state index is 13.0. The molecule has 0 bridgehead atoms. The Bertz CT molecular complexity index is 838. The number of nitrogens with one attached hydrogen (secondary N) is 1. The summed E-state index contributed by atoms with van der Waals surface area (Å²) in [6, 6.07) is 8.12. The van der Waals surface area contributed by atoms with Crippen LogP contribution in [0.1, 0.15) is 21.9 Å². The molecule has 126 valence electrons. The number of rotatable bonds is 6. The van der Waals surface area contributed by atoms with Crippen LogP contribution in [-0.2, 0) is 11.2 Å². The number of halogens is 1. The molecule has 0 fully saturated rings. The van der Waals surface area contributed by atoms with Gasteiger partial charge in [-0.25, -0.2) is 4.39 Å². The van der Waals surface area contributed by atoms with E-state index in [1.165, 1.54) is 21.0 Å². The minimum atomic E-state index is -0.313. The van der Waals surface area contributed by atoms with Gasteiger partial charge in [-0.15, -0.1) is 22.7 Å².